The van der Waals surface area contributed by atoms with E-state index < -0.39 is 10.0 Å². The third-order valence-corrected chi connectivity index (χ3v) is 8.57. The molecule has 0 unspecified atom stereocenters. The minimum absolute atomic E-state index is 0.0254. The van der Waals surface area contributed by atoms with Crippen molar-refractivity contribution in [1.29, 1.82) is 0 Å². The van der Waals surface area contributed by atoms with E-state index in [1.54, 1.807) is 12.1 Å². The first-order valence-corrected chi connectivity index (χ1v) is 13.6. The highest BCUT2D eigenvalue weighted by atomic mass is 32.2. The first kappa shape index (κ1) is 23.6. The SMILES string of the molecule is CCCc1ccc(S(=O)(=O)N2CCc3cc(-c4ccc(C(=O)N5CCOCC5)cc4)ccc32)cc1. The molecule has 3 aromatic rings. The number of aryl methyl sites for hydroxylation is 1. The second kappa shape index (κ2) is 9.84. The summed E-state index contributed by atoms with van der Waals surface area (Å²) in [5.41, 5.74) is 5.58. The number of benzene rings is 3. The van der Waals surface area contributed by atoms with Gasteiger partial charge in [0.05, 0.1) is 23.8 Å². The molecule has 1 amide bonds. The lowest BCUT2D eigenvalue weighted by Crippen LogP contribution is -2.40. The molecule has 3 aromatic carbocycles. The van der Waals surface area contributed by atoms with Crippen LogP contribution in [0.15, 0.2) is 71.6 Å². The summed E-state index contributed by atoms with van der Waals surface area (Å²) in [6.45, 7) is 4.94. The molecule has 0 radical (unpaired) electrons. The van der Waals surface area contributed by atoms with Crippen molar-refractivity contribution in [2.45, 2.75) is 31.1 Å². The van der Waals surface area contributed by atoms with E-state index >= 15 is 0 Å². The Kier molecular flexibility index (Phi) is 6.62. The monoisotopic (exact) mass is 490 g/mol. The molecule has 2 aliphatic rings. The lowest BCUT2D eigenvalue weighted by atomic mass is 10.0. The van der Waals surface area contributed by atoms with Gasteiger partial charge in [-0.2, -0.15) is 0 Å². The Morgan fingerprint density at radius 1 is 0.886 bits per heavy atom. The molecule has 2 heterocycles. The van der Waals surface area contributed by atoms with Crippen molar-refractivity contribution < 1.29 is 17.9 Å². The van der Waals surface area contributed by atoms with Crippen LogP contribution in [0.5, 0.6) is 0 Å². The Morgan fingerprint density at radius 3 is 2.26 bits per heavy atom. The Bertz CT molecular complexity index is 1310. The summed E-state index contributed by atoms with van der Waals surface area (Å²) in [4.78, 5) is 14.9. The fourth-order valence-corrected chi connectivity index (χ4v) is 6.30. The summed E-state index contributed by atoms with van der Waals surface area (Å²) >= 11 is 0. The van der Waals surface area contributed by atoms with Crippen molar-refractivity contribution in [3.05, 3.63) is 83.4 Å². The molecule has 0 N–H and O–H groups in total. The topological polar surface area (TPSA) is 66.9 Å². The second-order valence-electron chi connectivity index (χ2n) is 9.05. The number of anilines is 1. The minimum Gasteiger partial charge on any atom is -0.378 e. The van der Waals surface area contributed by atoms with Crippen LogP contribution in [0.2, 0.25) is 0 Å². The third-order valence-electron chi connectivity index (χ3n) is 6.75. The molecule has 5 rings (SSSR count). The number of amides is 1. The first-order chi connectivity index (χ1) is 17.0. The molecule has 6 nitrogen and oxygen atoms in total. The summed E-state index contributed by atoms with van der Waals surface area (Å²) in [6.07, 6.45) is 2.64. The number of fused-ring (bicyclic) bond motifs is 1. The van der Waals surface area contributed by atoms with Crippen LogP contribution in [-0.4, -0.2) is 52.1 Å². The zero-order valence-electron chi connectivity index (χ0n) is 19.9. The fourth-order valence-electron chi connectivity index (χ4n) is 4.80. The Hall–Kier alpha value is -3.16. The summed E-state index contributed by atoms with van der Waals surface area (Å²) < 4.78 is 33.5. The average Bonchev–Trinajstić information content (AvgIpc) is 3.34. The van der Waals surface area contributed by atoms with Crippen molar-refractivity contribution in [3.8, 4) is 11.1 Å². The smallest absolute Gasteiger partial charge is 0.264 e. The predicted molar refractivity (Wildman–Crippen MR) is 137 cm³/mol. The molecule has 0 bridgehead atoms. The van der Waals surface area contributed by atoms with E-state index in [-0.39, 0.29) is 5.91 Å². The van der Waals surface area contributed by atoms with Crippen molar-refractivity contribution >= 4 is 21.6 Å². The van der Waals surface area contributed by atoms with Crippen LogP contribution in [0.1, 0.15) is 34.8 Å². The van der Waals surface area contributed by atoms with Gasteiger partial charge in [-0.25, -0.2) is 8.42 Å². The quantitative estimate of drug-likeness (QED) is 0.509. The van der Waals surface area contributed by atoms with Gasteiger partial charge < -0.3 is 9.64 Å². The van der Waals surface area contributed by atoms with Gasteiger partial charge >= 0.3 is 0 Å². The van der Waals surface area contributed by atoms with Gasteiger partial charge in [-0.1, -0.05) is 43.7 Å². The van der Waals surface area contributed by atoms with Gasteiger partial charge in [0.1, 0.15) is 0 Å². The van der Waals surface area contributed by atoms with Crippen LogP contribution in [-0.2, 0) is 27.6 Å². The predicted octanol–water partition coefficient (Wildman–Crippen LogP) is 4.53. The molecular formula is C28H30N2O4S. The zero-order valence-corrected chi connectivity index (χ0v) is 20.8. The lowest BCUT2D eigenvalue weighted by molar-refractivity contribution is 0.0303. The summed E-state index contributed by atoms with van der Waals surface area (Å²) in [5.74, 6) is 0.0254. The van der Waals surface area contributed by atoms with Crippen LogP contribution in [0.3, 0.4) is 0 Å². The molecule has 0 aromatic heterocycles. The van der Waals surface area contributed by atoms with E-state index in [4.69, 9.17) is 4.74 Å². The van der Waals surface area contributed by atoms with Crippen LogP contribution in [0.4, 0.5) is 5.69 Å². The number of morpholine rings is 1. The average molecular weight is 491 g/mol. The first-order valence-electron chi connectivity index (χ1n) is 12.2. The molecule has 0 aliphatic carbocycles. The second-order valence-corrected chi connectivity index (χ2v) is 10.9. The standard InChI is InChI=1S/C28H30N2O4S/c1-2-3-21-4-11-26(12-5-21)35(32,33)30-15-14-25-20-24(10-13-27(25)30)22-6-8-23(9-7-22)28(31)29-16-18-34-19-17-29/h4-13,20H,2-3,14-19H2,1H3. The molecule has 0 spiro atoms. The molecule has 182 valence electrons. The molecule has 0 atom stereocenters. The van der Waals surface area contributed by atoms with Gasteiger partial charge in [-0.3, -0.25) is 9.10 Å². The van der Waals surface area contributed by atoms with Crippen LogP contribution in [0, 0.1) is 0 Å². The molecule has 1 saturated heterocycles. The van der Waals surface area contributed by atoms with Crippen molar-refractivity contribution in [1.82, 2.24) is 4.90 Å². The normalized spacial score (nSPS) is 15.8. The van der Waals surface area contributed by atoms with E-state index in [0.29, 0.717) is 49.7 Å². The number of carbonyl (C=O) groups excluding carboxylic acids is 1. The summed E-state index contributed by atoms with van der Waals surface area (Å²) in [7, 11) is -3.60. The van der Waals surface area contributed by atoms with Gasteiger partial charge in [-0.05, 0) is 71.5 Å². The van der Waals surface area contributed by atoms with Crippen LogP contribution >= 0.6 is 0 Å². The molecule has 35 heavy (non-hydrogen) atoms. The van der Waals surface area contributed by atoms with Gasteiger partial charge in [0, 0.05) is 25.2 Å². The number of ether oxygens (including phenoxy) is 1. The summed E-state index contributed by atoms with van der Waals surface area (Å²) in [5, 5.41) is 0. The van der Waals surface area contributed by atoms with Crippen molar-refractivity contribution in [2.75, 3.05) is 37.2 Å². The molecular weight excluding hydrogens is 460 g/mol. The van der Waals surface area contributed by atoms with E-state index in [1.807, 2.05) is 53.4 Å². The number of sulfonamides is 1. The van der Waals surface area contributed by atoms with Gasteiger partial charge in [0.2, 0.25) is 0 Å². The Labute approximate surface area is 207 Å². The number of carbonyl (C=O) groups is 1. The van der Waals surface area contributed by atoms with Crippen molar-refractivity contribution in [3.63, 3.8) is 0 Å². The number of nitrogens with zero attached hydrogens (tertiary/aromatic N) is 2. The highest BCUT2D eigenvalue weighted by Crippen LogP contribution is 2.36. The van der Waals surface area contributed by atoms with Gasteiger partial charge in [-0.15, -0.1) is 0 Å². The highest BCUT2D eigenvalue weighted by Gasteiger charge is 2.31. The third kappa shape index (κ3) is 4.70. The maximum absolute atomic E-state index is 13.3. The molecule has 1 fully saturated rings. The van der Waals surface area contributed by atoms with Crippen molar-refractivity contribution in [2.24, 2.45) is 0 Å². The highest BCUT2D eigenvalue weighted by molar-refractivity contribution is 7.92. The van der Waals surface area contributed by atoms with Gasteiger partial charge in [0.25, 0.3) is 15.9 Å². The molecule has 2 aliphatic heterocycles. The summed E-state index contributed by atoms with van der Waals surface area (Å²) in [6, 6.07) is 20.8. The zero-order chi connectivity index (χ0) is 24.4. The molecule has 0 saturated carbocycles. The largest absolute Gasteiger partial charge is 0.378 e. The Balaban J connectivity index is 1.34. The van der Waals surface area contributed by atoms with E-state index in [9.17, 15) is 13.2 Å². The van der Waals surface area contributed by atoms with E-state index in [0.717, 1.165) is 40.8 Å². The van der Waals surface area contributed by atoms with Gasteiger partial charge in [0.15, 0.2) is 0 Å². The maximum Gasteiger partial charge on any atom is 0.264 e. The van der Waals surface area contributed by atoms with E-state index in [1.165, 1.54) is 4.31 Å². The van der Waals surface area contributed by atoms with Crippen LogP contribution in [0.25, 0.3) is 11.1 Å². The maximum atomic E-state index is 13.3. The van der Waals surface area contributed by atoms with Crippen LogP contribution < -0.4 is 4.31 Å². The van der Waals surface area contributed by atoms with E-state index in [2.05, 4.69) is 13.0 Å². The number of hydrogen-bond donors (Lipinski definition) is 0. The lowest BCUT2D eigenvalue weighted by Gasteiger charge is -2.26. The number of rotatable bonds is 6. The Morgan fingerprint density at radius 2 is 1.57 bits per heavy atom. The minimum atomic E-state index is -3.60. The number of hydrogen-bond acceptors (Lipinski definition) is 4. The molecule has 7 heteroatoms. The fraction of sp³-hybridized carbons (Fsp3) is 0.321.